The van der Waals surface area contributed by atoms with Gasteiger partial charge in [0.1, 0.15) is 0 Å². The predicted octanol–water partition coefficient (Wildman–Crippen LogP) is 1.79. The summed E-state index contributed by atoms with van der Waals surface area (Å²) < 4.78 is 5.16. The zero-order valence-corrected chi connectivity index (χ0v) is 11.2. The third-order valence-electron chi connectivity index (χ3n) is 2.73. The standard InChI is InChI=1S/C13H22N2O2/c1-12(2,14)8-6-9(13(3,4)15)11(16)10(7-8)17-5/h6-7,16H,14-15H2,1-5H3. The molecule has 0 heterocycles. The molecule has 0 fully saturated rings. The van der Waals surface area contributed by atoms with Crippen LogP contribution in [0.4, 0.5) is 0 Å². The van der Waals surface area contributed by atoms with Crippen LogP contribution in [0.2, 0.25) is 0 Å². The number of hydrogen-bond donors (Lipinski definition) is 3. The molecule has 0 saturated heterocycles. The maximum atomic E-state index is 10.1. The first-order chi connectivity index (χ1) is 7.57. The van der Waals surface area contributed by atoms with Crippen LogP contribution in [0, 0.1) is 0 Å². The van der Waals surface area contributed by atoms with Crippen molar-refractivity contribution in [2.75, 3.05) is 7.11 Å². The summed E-state index contributed by atoms with van der Waals surface area (Å²) in [4.78, 5) is 0. The smallest absolute Gasteiger partial charge is 0.162 e. The van der Waals surface area contributed by atoms with Crippen LogP contribution in [0.25, 0.3) is 0 Å². The SMILES string of the molecule is COc1cc(C(C)(C)N)cc(C(C)(C)N)c1O. The van der Waals surface area contributed by atoms with Gasteiger partial charge in [-0.2, -0.15) is 0 Å². The summed E-state index contributed by atoms with van der Waals surface area (Å²) in [7, 11) is 1.51. The minimum Gasteiger partial charge on any atom is -0.504 e. The number of benzene rings is 1. The molecular formula is C13H22N2O2. The zero-order chi connectivity index (χ0) is 13.4. The molecule has 0 bridgehead atoms. The molecule has 1 aromatic rings. The second-order valence-electron chi connectivity index (χ2n) is 5.52. The molecule has 0 aromatic heterocycles. The fourth-order valence-corrected chi connectivity index (χ4v) is 1.63. The van der Waals surface area contributed by atoms with Gasteiger partial charge in [-0.25, -0.2) is 0 Å². The van der Waals surface area contributed by atoms with Gasteiger partial charge in [-0.05, 0) is 45.4 Å². The first-order valence-electron chi connectivity index (χ1n) is 5.57. The van der Waals surface area contributed by atoms with Gasteiger partial charge < -0.3 is 21.3 Å². The monoisotopic (exact) mass is 238 g/mol. The lowest BCUT2D eigenvalue weighted by Crippen LogP contribution is -2.32. The van der Waals surface area contributed by atoms with Crippen molar-refractivity contribution in [3.63, 3.8) is 0 Å². The lowest BCUT2D eigenvalue weighted by molar-refractivity contribution is 0.360. The Morgan fingerprint density at radius 3 is 1.94 bits per heavy atom. The van der Waals surface area contributed by atoms with E-state index in [1.807, 2.05) is 33.8 Å². The van der Waals surface area contributed by atoms with E-state index in [0.717, 1.165) is 5.56 Å². The number of ether oxygens (including phenoxy) is 1. The highest BCUT2D eigenvalue weighted by Crippen LogP contribution is 2.38. The lowest BCUT2D eigenvalue weighted by atomic mass is 9.87. The highest BCUT2D eigenvalue weighted by molar-refractivity contribution is 5.52. The minimum absolute atomic E-state index is 0.0769. The molecule has 5 N–H and O–H groups in total. The lowest BCUT2D eigenvalue weighted by Gasteiger charge is -2.26. The van der Waals surface area contributed by atoms with Crippen LogP contribution in [0.5, 0.6) is 11.5 Å². The molecule has 0 aliphatic rings. The van der Waals surface area contributed by atoms with Gasteiger partial charge in [0.15, 0.2) is 11.5 Å². The summed E-state index contributed by atoms with van der Waals surface area (Å²) in [5, 5.41) is 10.1. The molecule has 0 unspecified atom stereocenters. The summed E-state index contributed by atoms with van der Waals surface area (Å²) in [6.45, 7) is 7.45. The Kier molecular flexibility index (Phi) is 3.41. The van der Waals surface area contributed by atoms with Gasteiger partial charge >= 0.3 is 0 Å². The zero-order valence-electron chi connectivity index (χ0n) is 11.2. The van der Waals surface area contributed by atoms with E-state index in [4.69, 9.17) is 16.2 Å². The number of aromatic hydroxyl groups is 1. The van der Waals surface area contributed by atoms with Gasteiger partial charge in [0, 0.05) is 16.6 Å². The number of phenolic OH excluding ortho intramolecular Hbond substituents is 1. The van der Waals surface area contributed by atoms with E-state index in [1.165, 1.54) is 7.11 Å². The Hall–Kier alpha value is -1.26. The van der Waals surface area contributed by atoms with Gasteiger partial charge in [-0.15, -0.1) is 0 Å². The maximum Gasteiger partial charge on any atom is 0.162 e. The third-order valence-corrected chi connectivity index (χ3v) is 2.73. The average molecular weight is 238 g/mol. The van der Waals surface area contributed by atoms with E-state index in [9.17, 15) is 5.11 Å². The Labute approximate surface area is 103 Å². The van der Waals surface area contributed by atoms with Crippen LogP contribution in [0.15, 0.2) is 12.1 Å². The molecule has 4 heteroatoms. The molecule has 4 nitrogen and oxygen atoms in total. The number of phenols is 1. The molecule has 17 heavy (non-hydrogen) atoms. The van der Waals surface area contributed by atoms with Crippen molar-refractivity contribution in [3.8, 4) is 11.5 Å². The molecule has 0 amide bonds. The van der Waals surface area contributed by atoms with Crippen LogP contribution in [-0.4, -0.2) is 12.2 Å². The van der Waals surface area contributed by atoms with Gasteiger partial charge in [0.05, 0.1) is 7.11 Å². The minimum atomic E-state index is -0.654. The molecule has 0 atom stereocenters. The van der Waals surface area contributed by atoms with Crippen LogP contribution >= 0.6 is 0 Å². The molecule has 96 valence electrons. The van der Waals surface area contributed by atoms with Crippen molar-refractivity contribution in [1.82, 2.24) is 0 Å². The Bertz CT molecular complexity index is 415. The summed E-state index contributed by atoms with van der Waals surface area (Å²) in [6.07, 6.45) is 0. The van der Waals surface area contributed by atoms with Gasteiger partial charge in [0.25, 0.3) is 0 Å². The number of hydrogen-bond acceptors (Lipinski definition) is 4. The molecule has 0 saturated carbocycles. The normalized spacial score (nSPS) is 12.6. The summed E-state index contributed by atoms with van der Waals surface area (Å²) in [5.74, 6) is 0.475. The van der Waals surface area contributed by atoms with Crippen LogP contribution in [0.3, 0.4) is 0 Å². The Morgan fingerprint density at radius 1 is 1.06 bits per heavy atom. The van der Waals surface area contributed by atoms with Crippen molar-refractivity contribution in [3.05, 3.63) is 23.3 Å². The van der Waals surface area contributed by atoms with Crippen LogP contribution in [-0.2, 0) is 11.1 Å². The van der Waals surface area contributed by atoms with Gasteiger partial charge in [0.2, 0.25) is 0 Å². The average Bonchev–Trinajstić information content (AvgIpc) is 2.14. The summed E-state index contributed by atoms with van der Waals surface area (Å²) >= 11 is 0. The van der Waals surface area contributed by atoms with Crippen molar-refractivity contribution in [1.29, 1.82) is 0 Å². The topological polar surface area (TPSA) is 81.5 Å². The summed E-state index contributed by atoms with van der Waals surface area (Å²) in [6, 6.07) is 3.57. The summed E-state index contributed by atoms with van der Waals surface area (Å²) in [5.41, 5.74) is 12.4. The highest BCUT2D eigenvalue weighted by Gasteiger charge is 2.25. The van der Waals surface area contributed by atoms with Crippen LogP contribution < -0.4 is 16.2 Å². The first kappa shape index (κ1) is 13.8. The Morgan fingerprint density at radius 2 is 1.59 bits per heavy atom. The molecule has 0 aliphatic heterocycles. The fraction of sp³-hybridized carbons (Fsp3) is 0.538. The van der Waals surface area contributed by atoms with Crippen molar-refractivity contribution in [2.24, 2.45) is 11.5 Å². The van der Waals surface area contributed by atoms with E-state index in [2.05, 4.69) is 0 Å². The largest absolute Gasteiger partial charge is 0.504 e. The third kappa shape index (κ3) is 2.90. The van der Waals surface area contributed by atoms with E-state index < -0.39 is 11.1 Å². The van der Waals surface area contributed by atoms with Gasteiger partial charge in [-0.3, -0.25) is 0 Å². The first-order valence-corrected chi connectivity index (χ1v) is 5.57. The second kappa shape index (κ2) is 4.20. The van der Waals surface area contributed by atoms with E-state index >= 15 is 0 Å². The number of methoxy groups -OCH3 is 1. The molecule has 0 radical (unpaired) electrons. The Balaban J connectivity index is 3.50. The van der Waals surface area contributed by atoms with E-state index in [0.29, 0.717) is 11.3 Å². The molecule has 1 aromatic carbocycles. The maximum absolute atomic E-state index is 10.1. The predicted molar refractivity (Wildman–Crippen MR) is 69.1 cm³/mol. The molecule has 0 spiro atoms. The second-order valence-corrected chi connectivity index (χ2v) is 5.52. The fourth-order valence-electron chi connectivity index (χ4n) is 1.63. The van der Waals surface area contributed by atoms with E-state index in [1.54, 1.807) is 6.07 Å². The van der Waals surface area contributed by atoms with E-state index in [-0.39, 0.29) is 5.75 Å². The van der Waals surface area contributed by atoms with Crippen LogP contribution in [0.1, 0.15) is 38.8 Å². The number of nitrogens with two attached hydrogens (primary N) is 2. The number of rotatable bonds is 3. The van der Waals surface area contributed by atoms with Gasteiger partial charge in [-0.1, -0.05) is 0 Å². The molecule has 1 rings (SSSR count). The van der Waals surface area contributed by atoms with Crippen molar-refractivity contribution in [2.45, 2.75) is 38.8 Å². The van der Waals surface area contributed by atoms with Crippen molar-refractivity contribution >= 4 is 0 Å². The quantitative estimate of drug-likeness (QED) is 0.750. The molecule has 0 aliphatic carbocycles. The molecular weight excluding hydrogens is 216 g/mol. The van der Waals surface area contributed by atoms with Crippen molar-refractivity contribution < 1.29 is 9.84 Å². The highest BCUT2D eigenvalue weighted by atomic mass is 16.5.